The van der Waals surface area contributed by atoms with Gasteiger partial charge in [0.2, 0.25) is 11.8 Å². The van der Waals surface area contributed by atoms with Crippen molar-refractivity contribution in [1.29, 1.82) is 0 Å². The third-order valence-corrected chi connectivity index (χ3v) is 4.83. The third-order valence-electron chi connectivity index (χ3n) is 4.83. The van der Waals surface area contributed by atoms with Gasteiger partial charge in [0.25, 0.3) is 0 Å². The Morgan fingerprint density at radius 2 is 1.87 bits per heavy atom. The number of rotatable bonds is 4. The van der Waals surface area contributed by atoms with E-state index in [0.29, 0.717) is 17.9 Å². The molecule has 5 heteroatoms. The van der Waals surface area contributed by atoms with E-state index in [2.05, 4.69) is 29.3 Å². The van der Waals surface area contributed by atoms with E-state index in [0.717, 1.165) is 37.9 Å². The van der Waals surface area contributed by atoms with Crippen LogP contribution in [0.4, 0.5) is 0 Å². The molecule has 2 aromatic rings. The molecule has 0 spiro atoms. The molecule has 1 aromatic heterocycles. The minimum atomic E-state index is -0.0429. The van der Waals surface area contributed by atoms with Gasteiger partial charge in [0.15, 0.2) is 0 Å². The maximum absolute atomic E-state index is 5.97. The van der Waals surface area contributed by atoms with E-state index in [-0.39, 0.29) is 18.1 Å². The summed E-state index contributed by atoms with van der Waals surface area (Å²) >= 11 is 0. The van der Waals surface area contributed by atoms with Crippen LogP contribution in [0.3, 0.4) is 0 Å². The highest BCUT2D eigenvalue weighted by atomic mass is 16.5. The van der Waals surface area contributed by atoms with Crippen LogP contribution in [-0.2, 0) is 9.47 Å². The molecule has 5 nitrogen and oxygen atoms in total. The molecule has 122 valence electrons. The fourth-order valence-electron chi connectivity index (χ4n) is 3.53. The first-order valence-corrected chi connectivity index (χ1v) is 8.50. The van der Waals surface area contributed by atoms with Gasteiger partial charge in [0, 0.05) is 6.61 Å². The summed E-state index contributed by atoms with van der Waals surface area (Å²) < 4.78 is 17.8. The zero-order chi connectivity index (χ0) is 15.6. The first kappa shape index (κ1) is 14.8. The molecule has 2 aliphatic rings. The number of benzene rings is 1. The standard InChI is InChI=1S/C18H22N2O3/c1-2-13-8-9-15(22-13)18-20-19-17(23-18)14-10-11-21-16(14)12-6-4-3-5-7-12/h3-7,13-16H,2,8-11H2,1H3/t13-,14+,15-,16-/m1/s1. The Morgan fingerprint density at radius 3 is 2.65 bits per heavy atom. The van der Waals surface area contributed by atoms with E-state index in [9.17, 15) is 0 Å². The highest BCUT2D eigenvalue weighted by Gasteiger charge is 2.36. The second-order valence-electron chi connectivity index (χ2n) is 6.31. The van der Waals surface area contributed by atoms with Crippen molar-refractivity contribution in [2.24, 2.45) is 0 Å². The molecular weight excluding hydrogens is 292 g/mol. The average Bonchev–Trinajstić information content (AvgIpc) is 3.33. The molecule has 3 heterocycles. The minimum Gasteiger partial charge on any atom is -0.422 e. The molecule has 2 fully saturated rings. The molecule has 2 saturated heterocycles. The Labute approximate surface area is 136 Å². The lowest BCUT2D eigenvalue weighted by atomic mass is 9.95. The predicted octanol–water partition coefficient (Wildman–Crippen LogP) is 3.94. The molecule has 0 aliphatic carbocycles. The van der Waals surface area contributed by atoms with Gasteiger partial charge in [-0.05, 0) is 31.2 Å². The summed E-state index contributed by atoms with van der Waals surface area (Å²) in [7, 11) is 0. The zero-order valence-electron chi connectivity index (χ0n) is 13.4. The maximum Gasteiger partial charge on any atom is 0.245 e. The Balaban J connectivity index is 1.52. The normalized spacial score (nSPS) is 30.8. The smallest absolute Gasteiger partial charge is 0.245 e. The molecule has 0 unspecified atom stereocenters. The summed E-state index contributed by atoms with van der Waals surface area (Å²) in [6.07, 6.45) is 4.24. The Kier molecular flexibility index (Phi) is 4.14. The van der Waals surface area contributed by atoms with Crippen molar-refractivity contribution in [3.05, 3.63) is 47.7 Å². The van der Waals surface area contributed by atoms with Crippen LogP contribution in [0.2, 0.25) is 0 Å². The largest absolute Gasteiger partial charge is 0.422 e. The summed E-state index contributed by atoms with van der Waals surface area (Å²) in [5.41, 5.74) is 1.16. The van der Waals surface area contributed by atoms with E-state index >= 15 is 0 Å². The van der Waals surface area contributed by atoms with Gasteiger partial charge in [-0.2, -0.15) is 0 Å². The molecule has 4 atom stereocenters. The summed E-state index contributed by atoms with van der Waals surface area (Å²) in [6.45, 7) is 2.87. The van der Waals surface area contributed by atoms with Crippen molar-refractivity contribution < 1.29 is 13.9 Å². The van der Waals surface area contributed by atoms with Gasteiger partial charge in [-0.25, -0.2) is 0 Å². The number of ether oxygens (including phenoxy) is 2. The van der Waals surface area contributed by atoms with Gasteiger partial charge >= 0.3 is 0 Å². The van der Waals surface area contributed by atoms with Crippen LogP contribution in [-0.4, -0.2) is 22.9 Å². The fraction of sp³-hybridized carbons (Fsp3) is 0.556. The van der Waals surface area contributed by atoms with Crippen LogP contribution in [0.25, 0.3) is 0 Å². The molecular formula is C18H22N2O3. The first-order chi connectivity index (χ1) is 11.3. The summed E-state index contributed by atoms with van der Waals surface area (Å²) in [5, 5.41) is 8.54. The van der Waals surface area contributed by atoms with Gasteiger partial charge in [0.05, 0.1) is 18.1 Å². The molecule has 0 N–H and O–H groups in total. The highest BCUT2D eigenvalue weighted by Crippen LogP contribution is 2.42. The van der Waals surface area contributed by atoms with Gasteiger partial charge in [0.1, 0.15) is 6.10 Å². The van der Waals surface area contributed by atoms with E-state index in [1.807, 2.05) is 18.2 Å². The summed E-state index contributed by atoms with van der Waals surface area (Å²) in [6, 6.07) is 10.3. The molecule has 23 heavy (non-hydrogen) atoms. The van der Waals surface area contributed by atoms with Crippen molar-refractivity contribution in [2.75, 3.05) is 6.61 Å². The number of nitrogens with zero attached hydrogens (tertiary/aromatic N) is 2. The fourth-order valence-corrected chi connectivity index (χ4v) is 3.53. The van der Waals surface area contributed by atoms with Gasteiger partial charge in [-0.15, -0.1) is 10.2 Å². The summed E-state index contributed by atoms with van der Waals surface area (Å²) in [5.74, 6) is 1.42. The van der Waals surface area contributed by atoms with Crippen LogP contribution in [0, 0.1) is 0 Å². The first-order valence-electron chi connectivity index (χ1n) is 8.50. The zero-order valence-corrected chi connectivity index (χ0v) is 13.4. The number of hydrogen-bond acceptors (Lipinski definition) is 5. The lowest BCUT2D eigenvalue weighted by Gasteiger charge is -2.15. The van der Waals surface area contributed by atoms with Crippen LogP contribution in [0.5, 0.6) is 0 Å². The van der Waals surface area contributed by atoms with E-state index in [1.54, 1.807) is 0 Å². The monoisotopic (exact) mass is 314 g/mol. The predicted molar refractivity (Wildman–Crippen MR) is 83.9 cm³/mol. The second kappa shape index (κ2) is 6.42. The molecule has 1 aromatic carbocycles. The Morgan fingerprint density at radius 1 is 1.04 bits per heavy atom. The van der Waals surface area contributed by atoms with E-state index in [1.165, 1.54) is 0 Å². The van der Waals surface area contributed by atoms with E-state index < -0.39 is 0 Å². The Bertz CT molecular complexity index is 643. The molecule has 0 amide bonds. The third kappa shape index (κ3) is 2.91. The highest BCUT2D eigenvalue weighted by molar-refractivity contribution is 5.22. The van der Waals surface area contributed by atoms with Crippen molar-refractivity contribution >= 4 is 0 Å². The van der Waals surface area contributed by atoms with Crippen molar-refractivity contribution in [3.8, 4) is 0 Å². The van der Waals surface area contributed by atoms with E-state index in [4.69, 9.17) is 13.9 Å². The molecule has 2 aliphatic heterocycles. The minimum absolute atomic E-state index is 0.00242. The maximum atomic E-state index is 5.97. The van der Waals surface area contributed by atoms with Crippen molar-refractivity contribution in [1.82, 2.24) is 10.2 Å². The lowest BCUT2D eigenvalue weighted by Crippen LogP contribution is -2.06. The van der Waals surface area contributed by atoms with Crippen LogP contribution < -0.4 is 0 Å². The number of aromatic nitrogens is 2. The summed E-state index contributed by atoms with van der Waals surface area (Å²) in [4.78, 5) is 0. The quantitative estimate of drug-likeness (QED) is 0.855. The van der Waals surface area contributed by atoms with Crippen LogP contribution >= 0.6 is 0 Å². The lowest BCUT2D eigenvalue weighted by molar-refractivity contribution is 0.0263. The number of hydrogen-bond donors (Lipinski definition) is 0. The average molecular weight is 314 g/mol. The SMILES string of the molecule is CC[C@@H]1CC[C@H](c2nnc([C@H]3CCO[C@@H]3c3ccccc3)o2)O1. The van der Waals surface area contributed by atoms with Crippen molar-refractivity contribution in [2.45, 2.75) is 56.8 Å². The Hall–Kier alpha value is -1.72. The van der Waals surface area contributed by atoms with Gasteiger partial charge in [-0.3, -0.25) is 0 Å². The van der Waals surface area contributed by atoms with Crippen molar-refractivity contribution in [3.63, 3.8) is 0 Å². The molecule has 0 radical (unpaired) electrons. The van der Waals surface area contributed by atoms with Crippen LogP contribution in [0.15, 0.2) is 34.7 Å². The molecule has 0 saturated carbocycles. The topological polar surface area (TPSA) is 57.4 Å². The molecule has 4 rings (SSSR count). The van der Waals surface area contributed by atoms with Gasteiger partial charge < -0.3 is 13.9 Å². The second-order valence-corrected chi connectivity index (χ2v) is 6.31. The van der Waals surface area contributed by atoms with Crippen LogP contribution in [0.1, 0.15) is 68.1 Å². The molecule has 0 bridgehead atoms. The van der Waals surface area contributed by atoms with Gasteiger partial charge in [-0.1, -0.05) is 37.3 Å².